The predicted octanol–water partition coefficient (Wildman–Crippen LogP) is 3.22. The molecule has 0 atom stereocenters. The lowest BCUT2D eigenvalue weighted by atomic mass is 10.2. The maximum atomic E-state index is 11.8. The van der Waals surface area contributed by atoms with Crippen molar-refractivity contribution < 1.29 is 4.79 Å². The van der Waals surface area contributed by atoms with Gasteiger partial charge in [-0.2, -0.15) is 0 Å². The van der Waals surface area contributed by atoms with E-state index in [1.807, 2.05) is 31.2 Å². The van der Waals surface area contributed by atoms with Crippen LogP contribution in [-0.4, -0.2) is 10.9 Å². The molecule has 1 N–H and O–H groups in total. The van der Waals surface area contributed by atoms with E-state index in [4.69, 9.17) is 11.6 Å². The molecule has 0 unspecified atom stereocenters. The van der Waals surface area contributed by atoms with Crippen molar-refractivity contribution in [3.8, 4) is 0 Å². The Morgan fingerprint density at radius 3 is 2.89 bits per heavy atom. The van der Waals surface area contributed by atoms with Gasteiger partial charge in [-0.25, -0.2) is 0 Å². The van der Waals surface area contributed by atoms with Crippen molar-refractivity contribution in [1.29, 1.82) is 0 Å². The molecule has 4 heteroatoms. The maximum absolute atomic E-state index is 11.8. The van der Waals surface area contributed by atoms with Gasteiger partial charge < -0.3 is 5.32 Å². The molecule has 92 valence electrons. The molecular formula is C14H13ClN2O. The SMILES string of the molecule is Cc1ccc(NC(=O)Cc2cccnc2)cc1Cl. The first-order valence-electron chi connectivity index (χ1n) is 5.60. The van der Waals surface area contributed by atoms with Gasteiger partial charge >= 0.3 is 0 Å². The van der Waals surface area contributed by atoms with E-state index in [2.05, 4.69) is 10.3 Å². The zero-order chi connectivity index (χ0) is 13.0. The normalized spacial score (nSPS) is 10.1. The zero-order valence-electron chi connectivity index (χ0n) is 9.98. The molecule has 0 aliphatic rings. The van der Waals surface area contributed by atoms with E-state index in [0.29, 0.717) is 17.1 Å². The minimum Gasteiger partial charge on any atom is -0.326 e. The fraction of sp³-hybridized carbons (Fsp3) is 0.143. The van der Waals surface area contributed by atoms with Crippen LogP contribution in [-0.2, 0) is 11.2 Å². The number of nitrogens with one attached hydrogen (secondary N) is 1. The Hall–Kier alpha value is -1.87. The average Bonchev–Trinajstić information content (AvgIpc) is 2.35. The van der Waals surface area contributed by atoms with Crippen molar-refractivity contribution in [2.24, 2.45) is 0 Å². The molecule has 2 rings (SSSR count). The van der Waals surface area contributed by atoms with Crippen LogP contribution in [0.25, 0.3) is 0 Å². The van der Waals surface area contributed by atoms with Crippen molar-refractivity contribution in [3.63, 3.8) is 0 Å². The minimum atomic E-state index is -0.0806. The number of nitrogens with zero attached hydrogens (tertiary/aromatic N) is 1. The molecule has 0 aliphatic heterocycles. The van der Waals surface area contributed by atoms with Gasteiger partial charge in [0.1, 0.15) is 0 Å². The van der Waals surface area contributed by atoms with Gasteiger partial charge in [0.2, 0.25) is 5.91 Å². The predicted molar refractivity (Wildman–Crippen MR) is 72.8 cm³/mol. The van der Waals surface area contributed by atoms with Crippen LogP contribution >= 0.6 is 11.6 Å². The second-order valence-electron chi connectivity index (χ2n) is 4.05. The van der Waals surface area contributed by atoms with Crippen LogP contribution in [0.5, 0.6) is 0 Å². The van der Waals surface area contributed by atoms with Crippen LogP contribution in [0.15, 0.2) is 42.7 Å². The molecule has 0 spiro atoms. The standard InChI is InChI=1S/C14H13ClN2O/c1-10-4-5-12(8-13(10)15)17-14(18)7-11-3-2-6-16-9-11/h2-6,8-9H,7H2,1H3,(H,17,18). The molecular weight excluding hydrogens is 248 g/mol. The minimum absolute atomic E-state index is 0.0806. The van der Waals surface area contributed by atoms with Crippen LogP contribution in [0.2, 0.25) is 5.02 Å². The Bertz CT molecular complexity index is 555. The second-order valence-corrected chi connectivity index (χ2v) is 4.46. The largest absolute Gasteiger partial charge is 0.326 e. The molecule has 0 aliphatic carbocycles. The van der Waals surface area contributed by atoms with Crippen molar-refractivity contribution in [2.45, 2.75) is 13.3 Å². The van der Waals surface area contributed by atoms with E-state index in [9.17, 15) is 4.79 Å². The summed E-state index contributed by atoms with van der Waals surface area (Å²) in [7, 11) is 0. The molecule has 0 fully saturated rings. The summed E-state index contributed by atoms with van der Waals surface area (Å²) >= 11 is 6.00. The van der Waals surface area contributed by atoms with Gasteiger partial charge in [-0.15, -0.1) is 0 Å². The van der Waals surface area contributed by atoms with Gasteiger partial charge in [-0.1, -0.05) is 23.7 Å². The Morgan fingerprint density at radius 1 is 1.39 bits per heavy atom. The highest BCUT2D eigenvalue weighted by Gasteiger charge is 2.05. The molecule has 0 radical (unpaired) electrons. The first-order valence-corrected chi connectivity index (χ1v) is 5.98. The summed E-state index contributed by atoms with van der Waals surface area (Å²) in [6, 6.07) is 9.14. The van der Waals surface area contributed by atoms with Gasteiger partial charge in [0.25, 0.3) is 0 Å². The summed E-state index contributed by atoms with van der Waals surface area (Å²) in [6.07, 6.45) is 3.67. The summed E-state index contributed by atoms with van der Waals surface area (Å²) in [5.74, 6) is -0.0806. The monoisotopic (exact) mass is 260 g/mol. The molecule has 0 saturated carbocycles. The summed E-state index contributed by atoms with van der Waals surface area (Å²) < 4.78 is 0. The van der Waals surface area contributed by atoms with Crippen molar-refractivity contribution >= 4 is 23.2 Å². The summed E-state index contributed by atoms with van der Waals surface area (Å²) in [6.45, 7) is 1.92. The third kappa shape index (κ3) is 3.31. The quantitative estimate of drug-likeness (QED) is 0.921. The molecule has 1 aromatic carbocycles. The highest BCUT2D eigenvalue weighted by Crippen LogP contribution is 2.20. The fourth-order valence-corrected chi connectivity index (χ4v) is 1.74. The molecule has 18 heavy (non-hydrogen) atoms. The first-order chi connectivity index (χ1) is 8.65. The Kier molecular flexibility index (Phi) is 3.95. The molecule has 1 amide bonds. The van der Waals surface area contributed by atoms with Crippen LogP contribution in [0.1, 0.15) is 11.1 Å². The summed E-state index contributed by atoms with van der Waals surface area (Å²) in [5, 5.41) is 3.45. The highest BCUT2D eigenvalue weighted by atomic mass is 35.5. The number of carbonyl (C=O) groups excluding carboxylic acids is 1. The molecule has 1 aromatic heterocycles. The Morgan fingerprint density at radius 2 is 2.22 bits per heavy atom. The number of benzene rings is 1. The number of carbonyl (C=O) groups is 1. The van der Waals surface area contributed by atoms with E-state index < -0.39 is 0 Å². The maximum Gasteiger partial charge on any atom is 0.228 e. The smallest absolute Gasteiger partial charge is 0.228 e. The van der Waals surface area contributed by atoms with Crippen LogP contribution in [0.4, 0.5) is 5.69 Å². The topological polar surface area (TPSA) is 42.0 Å². The highest BCUT2D eigenvalue weighted by molar-refractivity contribution is 6.31. The van der Waals surface area contributed by atoms with E-state index >= 15 is 0 Å². The molecule has 0 bridgehead atoms. The third-order valence-electron chi connectivity index (χ3n) is 2.54. The average molecular weight is 261 g/mol. The van der Waals surface area contributed by atoms with E-state index in [1.54, 1.807) is 18.5 Å². The summed E-state index contributed by atoms with van der Waals surface area (Å²) in [4.78, 5) is 15.8. The van der Waals surface area contributed by atoms with Crippen molar-refractivity contribution in [2.75, 3.05) is 5.32 Å². The molecule has 2 aromatic rings. The number of aromatic nitrogens is 1. The number of hydrogen-bond donors (Lipinski definition) is 1. The molecule has 3 nitrogen and oxygen atoms in total. The summed E-state index contributed by atoms with van der Waals surface area (Å²) in [5.41, 5.74) is 2.58. The van der Waals surface area contributed by atoms with Crippen LogP contribution in [0, 0.1) is 6.92 Å². The second kappa shape index (κ2) is 5.65. The van der Waals surface area contributed by atoms with E-state index in [1.165, 1.54) is 0 Å². The lowest BCUT2D eigenvalue weighted by Gasteiger charge is -2.06. The van der Waals surface area contributed by atoms with Crippen LogP contribution in [0.3, 0.4) is 0 Å². The molecule has 0 saturated heterocycles. The number of aryl methyl sites for hydroxylation is 1. The zero-order valence-corrected chi connectivity index (χ0v) is 10.7. The van der Waals surface area contributed by atoms with E-state index in [-0.39, 0.29) is 5.91 Å². The van der Waals surface area contributed by atoms with Gasteiger partial charge in [0.05, 0.1) is 6.42 Å². The Balaban J connectivity index is 2.01. The Labute approximate surface area is 111 Å². The fourth-order valence-electron chi connectivity index (χ4n) is 1.56. The van der Waals surface area contributed by atoms with Crippen molar-refractivity contribution in [1.82, 2.24) is 4.98 Å². The van der Waals surface area contributed by atoms with Crippen molar-refractivity contribution in [3.05, 3.63) is 58.9 Å². The van der Waals surface area contributed by atoms with Gasteiger partial charge in [0, 0.05) is 23.1 Å². The number of rotatable bonds is 3. The number of hydrogen-bond acceptors (Lipinski definition) is 2. The lowest BCUT2D eigenvalue weighted by Crippen LogP contribution is -2.14. The number of halogens is 1. The number of amides is 1. The van der Waals surface area contributed by atoms with Gasteiger partial charge in [0.15, 0.2) is 0 Å². The third-order valence-corrected chi connectivity index (χ3v) is 2.95. The number of anilines is 1. The van der Waals surface area contributed by atoms with E-state index in [0.717, 1.165) is 11.1 Å². The number of pyridine rings is 1. The van der Waals surface area contributed by atoms with Crippen LogP contribution < -0.4 is 5.32 Å². The van der Waals surface area contributed by atoms with Gasteiger partial charge in [-0.05, 0) is 36.2 Å². The van der Waals surface area contributed by atoms with Gasteiger partial charge in [-0.3, -0.25) is 9.78 Å². The lowest BCUT2D eigenvalue weighted by molar-refractivity contribution is -0.115. The molecule has 1 heterocycles. The first kappa shape index (κ1) is 12.6.